The van der Waals surface area contributed by atoms with Crippen LogP contribution in [0.2, 0.25) is 5.02 Å². The number of alkyl halides is 3. The van der Waals surface area contributed by atoms with E-state index in [-0.39, 0.29) is 19.1 Å². The number of hydrogen-bond donors (Lipinski definition) is 2. The highest BCUT2D eigenvalue weighted by Gasteiger charge is 2.43. The zero-order chi connectivity index (χ0) is 30.9. The van der Waals surface area contributed by atoms with Crippen LogP contribution in [0, 0.1) is 11.8 Å². The number of amides is 1. The Kier molecular flexibility index (Phi) is 8.50. The lowest BCUT2D eigenvalue weighted by atomic mass is 10.0. The maximum Gasteiger partial charge on any atom is 0.573 e. The molecule has 0 radical (unpaired) electrons. The Morgan fingerprint density at radius 1 is 1.05 bits per heavy atom. The lowest BCUT2D eigenvalue weighted by Gasteiger charge is -2.27. The highest BCUT2D eigenvalue weighted by Crippen LogP contribution is 2.41. The molecular weight excluding hydrogens is 593 g/mol. The number of anilines is 2. The number of fused-ring (bicyclic) bond motifs is 1. The summed E-state index contributed by atoms with van der Waals surface area (Å²) >= 11 is 6.19. The van der Waals surface area contributed by atoms with Crippen molar-refractivity contribution < 1.29 is 46.8 Å². The van der Waals surface area contributed by atoms with Gasteiger partial charge in [0.1, 0.15) is 29.0 Å². The molecule has 1 heterocycles. The summed E-state index contributed by atoms with van der Waals surface area (Å²) in [7, 11) is 2.90. The molecule has 1 aliphatic carbocycles. The molecule has 2 aliphatic rings. The third-order valence-electron chi connectivity index (χ3n) is 7.34. The molecule has 9 nitrogen and oxygen atoms in total. The quantitative estimate of drug-likeness (QED) is 0.265. The minimum Gasteiger partial charge on any atom is -0.497 e. The molecule has 0 spiro atoms. The van der Waals surface area contributed by atoms with Crippen LogP contribution in [-0.4, -0.2) is 50.7 Å². The Bertz CT molecular complexity index is 1530. The normalized spacial score (nSPS) is 18.0. The van der Waals surface area contributed by atoms with Crippen molar-refractivity contribution in [3.63, 3.8) is 0 Å². The van der Waals surface area contributed by atoms with Crippen molar-refractivity contribution in [1.29, 1.82) is 0 Å². The average molecular weight is 621 g/mol. The van der Waals surface area contributed by atoms with E-state index in [4.69, 9.17) is 25.8 Å². The van der Waals surface area contributed by atoms with Gasteiger partial charge in [-0.05, 0) is 36.6 Å². The van der Waals surface area contributed by atoms with Crippen LogP contribution in [-0.2, 0) is 16.0 Å². The molecule has 1 aliphatic heterocycles. The summed E-state index contributed by atoms with van der Waals surface area (Å²) in [6.07, 6.45) is -3.92. The van der Waals surface area contributed by atoms with Crippen molar-refractivity contribution in [2.75, 3.05) is 37.6 Å². The van der Waals surface area contributed by atoms with Crippen molar-refractivity contribution in [3.8, 4) is 23.0 Å². The first-order chi connectivity index (χ1) is 20.5. The van der Waals surface area contributed by atoms with Crippen LogP contribution in [0.3, 0.4) is 0 Å². The van der Waals surface area contributed by atoms with E-state index in [1.807, 2.05) is 0 Å². The monoisotopic (exact) mass is 620 g/mol. The molecule has 1 amide bonds. The Morgan fingerprint density at radius 2 is 1.81 bits per heavy atom. The molecule has 5 rings (SSSR count). The molecular formula is C30H28ClF3N2O7. The maximum absolute atomic E-state index is 14.2. The molecule has 2 N–H and O–H groups in total. The van der Waals surface area contributed by atoms with E-state index in [1.54, 1.807) is 36.4 Å². The lowest BCUT2D eigenvalue weighted by molar-refractivity contribution is -0.274. The molecule has 3 aromatic rings. The summed E-state index contributed by atoms with van der Waals surface area (Å²) in [6.45, 7) is 0.431. The second-order valence-corrected chi connectivity index (χ2v) is 10.6. The number of nitrogens with zero attached hydrogens (tertiary/aromatic N) is 1. The summed E-state index contributed by atoms with van der Waals surface area (Å²) in [5.74, 6) is -1.17. The molecule has 0 aromatic heterocycles. The van der Waals surface area contributed by atoms with Crippen LogP contribution in [0.5, 0.6) is 23.0 Å². The molecule has 43 heavy (non-hydrogen) atoms. The molecule has 228 valence electrons. The Balaban J connectivity index is 1.47. The van der Waals surface area contributed by atoms with Gasteiger partial charge < -0.3 is 34.3 Å². The minimum atomic E-state index is -4.89. The van der Waals surface area contributed by atoms with Crippen LogP contribution in [0.15, 0.2) is 54.6 Å². The summed E-state index contributed by atoms with van der Waals surface area (Å²) < 4.78 is 59.7. The van der Waals surface area contributed by atoms with Crippen molar-refractivity contribution in [3.05, 3.63) is 70.7 Å². The van der Waals surface area contributed by atoms with E-state index in [1.165, 1.54) is 37.3 Å². The second-order valence-electron chi connectivity index (χ2n) is 10.2. The third-order valence-corrected chi connectivity index (χ3v) is 7.57. The van der Waals surface area contributed by atoms with Crippen LogP contribution in [0.25, 0.3) is 0 Å². The largest absolute Gasteiger partial charge is 0.573 e. The SMILES string of the molecule is COc1cc(NC(C(=O)N2CCc3ccc(OC(F)(F)F)cc32)c2ccc(Cl)cc2OC)cc(OCC2CC2C(=O)O)c1. The molecule has 3 atom stereocenters. The number of ether oxygens (including phenoxy) is 4. The summed E-state index contributed by atoms with van der Waals surface area (Å²) in [5, 5.41) is 12.8. The van der Waals surface area contributed by atoms with Gasteiger partial charge in [-0.1, -0.05) is 23.7 Å². The predicted molar refractivity (Wildman–Crippen MR) is 151 cm³/mol. The van der Waals surface area contributed by atoms with Crippen LogP contribution >= 0.6 is 11.6 Å². The smallest absolute Gasteiger partial charge is 0.497 e. The van der Waals surface area contributed by atoms with E-state index in [0.717, 1.165) is 0 Å². The summed E-state index contributed by atoms with van der Waals surface area (Å²) in [6, 6.07) is 12.6. The highest BCUT2D eigenvalue weighted by molar-refractivity contribution is 6.30. The van der Waals surface area contributed by atoms with E-state index >= 15 is 0 Å². The fraction of sp³-hybridized carbons (Fsp3) is 0.333. The molecule has 3 unspecified atom stereocenters. The van der Waals surface area contributed by atoms with Gasteiger partial charge in [0.15, 0.2) is 0 Å². The van der Waals surface area contributed by atoms with E-state index in [2.05, 4.69) is 10.1 Å². The minimum absolute atomic E-state index is 0.103. The van der Waals surface area contributed by atoms with Gasteiger partial charge in [-0.25, -0.2) is 0 Å². The van der Waals surface area contributed by atoms with Gasteiger partial charge in [0, 0.05) is 53.0 Å². The van der Waals surface area contributed by atoms with Gasteiger partial charge in [0.25, 0.3) is 5.91 Å². The van der Waals surface area contributed by atoms with E-state index in [0.29, 0.717) is 57.6 Å². The highest BCUT2D eigenvalue weighted by atomic mass is 35.5. The van der Waals surface area contributed by atoms with Gasteiger partial charge in [0.2, 0.25) is 0 Å². The Hall–Kier alpha value is -4.32. The summed E-state index contributed by atoms with van der Waals surface area (Å²) in [4.78, 5) is 26.8. The van der Waals surface area contributed by atoms with Gasteiger partial charge in [-0.15, -0.1) is 13.2 Å². The predicted octanol–water partition coefficient (Wildman–Crippen LogP) is 6.10. The van der Waals surface area contributed by atoms with Crippen LogP contribution in [0.1, 0.15) is 23.6 Å². The molecule has 1 fully saturated rings. The van der Waals surface area contributed by atoms with Crippen LogP contribution in [0.4, 0.5) is 24.5 Å². The number of nitrogens with one attached hydrogen (secondary N) is 1. The second kappa shape index (κ2) is 12.1. The zero-order valence-electron chi connectivity index (χ0n) is 23.1. The number of benzene rings is 3. The van der Waals surface area contributed by atoms with Crippen molar-refractivity contribution in [2.24, 2.45) is 11.8 Å². The number of rotatable bonds is 11. The van der Waals surface area contributed by atoms with E-state index < -0.39 is 35.9 Å². The first-order valence-corrected chi connectivity index (χ1v) is 13.7. The number of halogens is 4. The number of carbonyl (C=O) groups excluding carboxylic acids is 1. The Labute approximate surface area is 250 Å². The van der Waals surface area contributed by atoms with Gasteiger partial charge in [0.05, 0.1) is 32.4 Å². The standard InChI is InChI=1S/C30H28ClF3N2O7/c1-40-21-11-19(12-22(13-21)42-15-17-9-24(17)29(38)39)35-27(23-6-4-18(31)10-26(23)41-2)28(37)36-8-7-16-3-5-20(14-25(16)36)43-30(32,33)34/h3-6,10-14,17,24,27,35H,7-9,15H2,1-2H3,(H,38,39). The molecule has 1 saturated carbocycles. The lowest BCUT2D eigenvalue weighted by Crippen LogP contribution is -2.37. The summed E-state index contributed by atoms with van der Waals surface area (Å²) in [5.41, 5.74) is 1.87. The fourth-order valence-electron chi connectivity index (χ4n) is 5.10. The number of aliphatic carboxylic acids is 1. The van der Waals surface area contributed by atoms with E-state index in [9.17, 15) is 27.9 Å². The maximum atomic E-state index is 14.2. The Morgan fingerprint density at radius 3 is 2.49 bits per heavy atom. The molecule has 13 heteroatoms. The first kappa shape index (κ1) is 30.1. The van der Waals surface area contributed by atoms with Gasteiger partial charge in [-0.2, -0.15) is 0 Å². The van der Waals surface area contributed by atoms with Gasteiger partial charge >= 0.3 is 12.3 Å². The number of carboxylic acids is 1. The third kappa shape index (κ3) is 7.02. The van der Waals surface area contributed by atoms with Crippen molar-refractivity contribution >= 4 is 34.9 Å². The molecule has 0 saturated heterocycles. The molecule has 0 bridgehead atoms. The number of methoxy groups -OCH3 is 2. The van der Waals surface area contributed by atoms with Crippen LogP contribution < -0.4 is 29.2 Å². The van der Waals surface area contributed by atoms with Crippen molar-refractivity contribution in [2.45, 2.75) is 25.2 Å². The number of carboxylic acid groups (broad SMARTS) is 1. The number of hydrogen-bond acceptors (Lipinski definition) is 7. The fourth-order valence-corrected chi connectivity index (χ4v) is 5.26. The number of carbonyl (C=O) groups is 2. The zero-order valence-corrected chi connectivity index (χ0v) is 23.9. The van der Waals surface area contributed by atoms with Crippen molar-refractivity contribution in [1.82, 2.24) is 0 Å². The molecule has 3 aromatic carbocycles. The topological polar surface area (TPSA) is 107 Å². The average Bonchev–Trinajstić information content (AvgIpc) is 3.64. The van der Waals surface area contributed by atoms with Gasteiger partial charge in [-0.3, -0.25) is 9.59 Å². The first-order valence-electron chi connectivity index (χ1n) is 13.3.